The monoisotopic (exact) mass is 249 g/mol. The Morgan fingerprint density at radius 2 is 1.83 bits per heavy atom. The number of hydrogen-bond donors (Lipinski definition) is 0. The minimum atomic E-state index is 0.154. The van der Waals surface area contributed by atoms with Gasteiger partial charge < -0.3 is 4.90 Å². The molecule has 0 saturated carbocycles. The second kappa shape index (κ2) is 9.69. The van der Waals surface area contributed by atoms with Gasteiger partial charge in [-0.15, -0.1) is 0 Å². The summed E-state index contributed by atoms with van der Waals surface area (Å²) in [6.07, 6.45) is 9.58. The van der Waals surface area contributed by atoms with Crippen LogP contribution in [-0.2, 0) is 4.79 Å². The largest absolute Gasteiger partial charge is 0.316 e. The van der Waals surface area contributed by atoms with Crippen molar-refractivity contribution in [3.05, 3.63) is 36.1 Å². The summed E-state index contributed by atoms with van der Waals surface area (Å²) >= 11 is 0. The number of carbonyl (C=O) groups is 1. The fourth-order valence-electron chi connectivity index (χ4n) is 1.58. The lowest BCUT2D eigenvalue weighted by atomic mass is 10.1. The minimum absolute atomic E-state index is 0.154. The van der Waals surface area contributed by atoms with E-state index in [1.807, 2.05) is 6.92 Å². The zero-order chi connectivity index (χ0) is 14.0. The van der Waals surface area contributed by atoms with Crippen LogP contribution in [0, 0.1) is 0 Å². The molecule has 0 N–H and O–H groups in total. The highest BCUT2D eigenvalue weighted by atomic mass is 16.2. The topological polar surface area (TPSA) is 20.3 Å². The number of amides is 1. The van der Waals surface area contributed by atoms with E-state index in [4.69, 9.17) is 0 Å². The molecule has 0 aliphatic rings. The molecule has 0 heterocycles. The van der Waals surface area contributed by atoms with Gasteiger partial charge in [-0.05, 0) is 46.2 Å². The highest BCUT2D eigenvalue weighted by molar-refractivity contribution is 5.77. The van der Waals surface area contributed by atoms with E-state index in [2.05, 4.69) is 39.5 Å². The molecule has 0 aromatic carbocycles. The molecule has 1 amide bonds. The molecule has 0 aliphatic heterocycles. The fraction of sp³-hybridized carbons (Fsp3) is 0.562. The average Bonchev–Trinajstić information content (AvgIpc) is 2.29. The van der Waals surface area contributed by atoms with E-state index in [0.717, 1.165) is 19.3 Å². The molecule has 0 unspecified atom stereocenters. The van der Waals surface area contributed by atoms with Crippen LogP contribution in [-0.4, -0.2) is 17.4 Å². The van der Waals surface area contributed by atoms with Crippen LogP contribution in [0.3, 0.4) is 0 Å². The summed E-state index contributed by atoms with van der Waals surface area (Å²) in [5.41, 5.74) is 2.68. The molecule has 18 heavy (non-hydrogen) atoms. The molecule has 2 heteroatoms. The summed E-state index contributed by atoms with van der Waals surface area (Å²) < 4.78 is 0. The van der Waals surface area contributed by atoms with Crippen molar-refractivity contribution < 1.29 is 4.79 Å². The number of carbonyl (C=O) groups excluding carboxylic acids is 1. The second-order valence-corrected chi connectivity index (χ2v) is 4.85. The zero-order valence-electron chi connectivity index (χ0n) is 12.3. The predicted molar refractivity (Wildman–Crippen MR) is 79.2 cm³/mol. The third kappa shape index (κ3) is 7.88. The molecule has 0 radical (unpaired) electrons. The lowest BCUT2D eigenvalue weighted by Crippen LogP contribution is -2.25. The fourth-order valence-corrected chi connectivity index (χ4v) is 1.58. The van der Waals surface area contributed by atoms with Crippen molar-refractivity contribution in [1.82, 2.24) is 4.90 Å². The number of hydrogen-bond acceptors (Lipinski definition) is 1. The van der Waals surface area contributed by atoms with Crippen molar-refractivity contribution in [2.75, 3.05) is 6.54 Å². The molecule has 0 spiro atoms. The van der Waals surface area contributed by atoms with Gasteiger partial charge >= 0.3 is 0 Å². The maximum atomic E-state index is 11.7. The van der Waals surface area contributed by atoms with Crippen LogP contribution >= 0.6 is 0 Å². The molecule has 0 atom stereocenters. The standard InChI is InChI=1S/C16H27NO/c1-6-9-16(18)17(7-2)13-12-15(5)11-8-10-14(3)4/h7,10,12H,2,6,8-9,11,13H2,1,3-5H3/b15-12+. The number of rotatable bonds is 8. The SMILES string of the molecule is C=CN(C/C=C(\C)CCC=C(C)C)C(=O)CCC. The Morgan fingerprint density at radius 3 is 2.33 bits per heavy atom. The Balaban J connectivity index is 4.20. The Kier molecular flexibility index (Phi) is 8.99. The first-order valence-corrected chi connectivity index (χ1v) is 6.72. The lowest BCUT2D eigenvalue weighted by Gasteiger charge is -2.16. The van der Waals surface area contributed by atoms with Gasteiger partial charge in [0.05, 0.1) is 0 Å². The smallest absolute Gasteiger partial charge is 0.226 e. The summed E-state index contributed by atoms with van der Waals surface area (Å²) in [6, 6.07) is 0. The molecule has 0 bridgehead atoms. The van der Waals surface area contributed by atoms with E-state index in [0.29, 0.717) is 13.0 Å². The van der Waals surface area contributed by atoms with Gasteiger partial charge in [-0.1, -0.05) is 36.8 Å². The van der Waals surface area contributed by atoms with Crippen LogP contribution in [0.4, 0.5) is 0 Å². The number of allylic oxidation sites excluding steroid dienone is 3. The summed E-state index contributed by atoms with van der Waals surface area (Å²) in [5.74, 6) is 0.154. The first-order valence-electron chi connectivity index (χ1n) is 6.72. The number of nitrogens with zero attached hydrogens (tertiary/aromatic N) is 1. The molecule has 0 saturated heterocycles. The molecule has 0 fully saturated rings. The van der Waals surface area contributed by atoms with Gasteiger partial charge in [0, 0.05) is 13.0 Å². The Morgan fingerprint density at radius 1 is 1.17 bits per heavy atom. The van der Waals surface area contributed by atoms with Crippen molar-refractivity contribution >= 4 is 5.91 Å². The van der Waals surface area contributed by atoms with Crippen molar-refractivity contribution in [3.8, 4) is 0 Å². The van der Waals surface area contributed by atoms with Crippen molar-refractivity contribution in [2.45, 2.75) is 53.4 Å². The van der Waals surface area contributed by atoms with Crippen LogP contribution in [0.15, 0.2) is 36.1 Å². The molecule has 0 aromatic rings. The molecular weight excluding hydrogens is 222 g/mol. The van der Waals surface area contributed by atoms with E-state index in [1.54, 1.807) is 11.1 Å². The van der Waals surface area contributed by atoms with E-state index < -0.39 is 0 Å². The van der Waals surface area contributed by atoms with Gasteiger partial charge in [-0.25, -0.2) is 0 Å². The molecule has 102 valence electrons. The second-order valence-electron chi connectivity index (χ2n) is 4.85. The molecule has 0 aliphatic carbocycles. The highest BCUT2D eigenvalue weighted by Gasteiger charge is 2.06. The van der Waals surface area contributed by atoms with Gasteiger partial charge in [0.25, 0.3) is 0 Å². The van der Waals surface area contributed by atoms with Gasteiger partial charge in [-0.3, -0.25) is 4.79 Å². The van der Waals surface area contributed by atoms with Gasteiger partial charge in [0.15, 0.2) is 0 Å². The van der Waals surface area contributed by atoms with Crippen LogP contribution < -0.4 is 0 Å². The van der Waals surface area contributed by atoms with Crippen molar-refractivity contribution in [1.29, 1.82) is 0 Å². The minimum Gasteiger partial charge on any atom is -0.316 e. The highest BCUT2D eigenvalue weighted by Crippen LogP contribution is 2.07. The Hall–Kier alpha value is -1.31. The Labute approximate surface area is 112 Å². The van der Waals surface area contributed by atoms with Crippen LogP contribution in [0.2, 0.25) is 0 Å². The molecule has 2 nitrogen and oxygen atoms in total. The van der Waals surface area contributed by atoms with E-state index in [9.17, 15) is 4.79 Å². The third-order valence-electron chi connectivity index (χ3n) is 2.73. The zero-order valence-corrected chi connectivity index (χ0v) is 12.3. The quantitative estimate of drug-likeness (QED) is 0.582. The normalized spacial score (nSPS) is 11.0. The van der Waals surface area contributed by atoms with Gasteiger partial charge in [0.2, 0.25) is 5.91 Å². The first-order chi connectivity index (χ1) is 8.51. The van der Waals surface area contributed by atoms with Crippen LogP contribution in [0.1, 0.15) is 53.4 Å². The molecule has 0 aromatic heterocycles. The predicted octanol–water partition coefficient (Wildman–Crippen LogP) is 4.45. The maximum absolute atomic E-state index is 11.7. The third-order valence-corrected chi connectivity index (χ3v) is 2.73. The summed E-state index contributed by atoms with van der Waals surface area (Å²) in [7, 11) is 0. The lowest BCUT2D eigenvalue weighted by molar-refractivity contribution is -0.128. The summed E-state index contributed by atoms with van der Waals surface area (Å²) in [6.45, 7) is 12.7. The average molecular weight is 249 g/mol. The summed E-state index contributed by atoms with van der Waals surface area (Å²) in [4.78, 5) is 13.4. The summed E-state index contributed by atoms with van der Waals surface area (Å²) in [5, 5.41) is 0. The Bertz CT molecular complexity index is 322. The van der Waals surface area contributed by atoms with Crippen LogP contribution in [0.25, 0.3) is 0 Å². The van der Waals surface area contributed by atoms with E-state index in [-0.39, 0.29) is 5.91 Å². The van der Waals surface area contributed by atoms with Crippen LogP contribution in [0.5, 0.6) is 0 Å². The molecular formula is C16H27NO. The van der Waals surface area contributed by atoms with E-state index in [1.165, 1.54) is 11.1 Å². The van der Waals surface area contributed by atoms with E-state index >= 15 is 0 Å². The maximum Gasteiger partial charge on any atom is 0.226 e. The van der Waals surface area contributed by atoms with Gasteiger partial charge in [0.1, 0.15) is 0 Å². The van der Waals surface area contributed by atoms with Crippen molar-refractivity contribution in [2.24, 2.45) is 0 Å². The molecule has 0 rings (SSSR count). The first kappa shape index (κ1) is 16.7. The van der Waals surface area contributed by atoms with Gasteiger partial charge in [-0.2, -0.15) is 0 Å². The van der Waals surface area contributed by atoms with Crippen molar-refractivity contribution in [3.63, 3.8) is 0 Å².